The molecule has 1 aliphatic heterocycles. The highest BCUT2D eigenvalue weighted by molar-refractivity contribution is 5.89. The van der Waals surface area contributed by atoms with Gasteiger partial charge < -0.3 is 25.4 Å². The first-order valence-corrected chi connectivity index (χ1v) is 9.26. The molecule has 0 radical (unpaired) electrons. The molecule has 148 valence electrons. The Kier molecular flexibility index (Phi) is 6.49. The minimum absolute atomic E-state index is 0.0141. The van der Waals surface area contributed by atoms with Crippen LogP contribution in [-0.4, -0.2) is 48.2 Å². The molecule has 7 heteroatoms. The molecule has 0 bridgehead atoms. The standard InChI is InChI=1S/C21H25N3O4/c1-28-19-8-4-16(5-9-19)13-22-21(27)23-17-6-2-15(3-7-17)12-20(26)24-11-10-18(24)14-25/h2-9,18,25H,10-14H2,1H3,(H2,22,23,27)/t18-/m1/s1. The number of aliphatic hydroxyl groups excluding tert-OH is 1. The molecule has 1 heterocycles. The van der Waals surface area contributed by atoms with Gasteiger partial charge in [-0.2, -0.15) is 0 Å². The Morgan fingerprint density at radius 3 is 2.36 bits per heavy atom. The van der Waals surface area contributed by atoms with Crippen LogP contribution in [0.25, 0.3) is 0 Å². The van der Waals surface area contributed by atoms with Crippen LogP contribution < -0.4 is 15.4 Å². The number of methoxy groups -OCH3 is 1. The fourth-order valence-corrected chi connectivity index (χ4v) is 3.04. The van der Waals surface area contributed by atoms with E-state index in [0.717, 1.165) is 23.3 Å². The third-order valence-electron chi connectivity index (χ3n) is 4.85. The SMILES string of the molecule is COc1ccc(CNC(=O)Nc2ccc(CC(=O)N3CC[C@@H]3CO)cc2)cc1. The Morgan fingerprint density at radius 1 is 1.11 bits per heavy atom. The summed E-state index contributed by atoms with van der Waals surface area (Å²) in [7, 11) is 1.61. The minimum atomic E-state index is -0.300. The number of benzene rings is 2. The lowest BCUT2D eigenvalue weighted by Crippen LogP contribution is -2.53. The Morgan fingerprint density at radius 2 is 1.79 bits per heavy atom. The summed E-state index contributed by atoms with van der Waals surface area (Å²) in [5, 5.41) is 14.8. The van der Waals surface area contributed by atoms with Gasteiger partial charge in [0.15, 0.2) is 0 Å². The molecule has 28 heavy (non-hydrogen) atoms. The summed E-state index contributed by atoms with van der Waals surface area (Å²) >= 11 is 0. The molecule has 2 aromatic rings. The monoisotopic (exact) mass is 383 g/mol. The topological polar surface area (TPSA) is 90.9 Å². The molecule has 3 amide bonds. The Bertz CT molecular complexity index is 803. The van der Waals surface area contributed by atoms with Crippen LogP contribution in [0.5, 0.6) is 5.75 Å². The summed E-state index contributed by atoms with van der Waals surface area (Å²) in [6.07, 6.45) is 1.15. The summed E-state index contributed by atoms with van der Waals surface area (Å²) < 4.78 is 5.11. The average Bonchev–Trinajstić information content (AvgIpc) is 2.68. The van der Waals surface area contributed by atoms with Crippen LogP contribution in [0.15, 0.2) is 48.5 Å². The molecule has 0 aromatic heterocycles. The first-order valence-electron chi connectivity index (χ1n) is 9.26. The first-order chi connectivity index (χ1) is 13.6. The molecule has 2 aromatic carbocycles. The molecule has 1 fully saturated rings. The number of ether oxygens (including phenoxy) is 1. The van der Waals surface area contributed by atoms with Crippen molar-refractivity contribution in [1.82, 2.24) is 10.2 Å². The number of likely N-dealkylation sites (tertiary alicyclic amines) is 1. The van der Waals surface area contributed by atoms with E-state index in [1.54, 1.807) is 24.1 Å². The van der Waals surface area contributed by atoms with E-state index < -0.39 is 0 Å². The van der Waals surface area contributed by atoms with E-state index >= 15 is 0 Å². The average molecular weight is 383 g/mol. The number of hydrogen-bond acceptors (Lipinski definition) is 4. The predicted octanol–water partition coefficient (Wildman–Crippen LogP) is 2.15. The molecule has 1 aliphatic rings. The Balaban J connectivity index is 1.45. The summed E-state index contributed by atoms with van der Waals surface area (Å²) in [5.41, 5.74) is 2.50. The molecular weight excluding hydrogens is 358 g/mol. The quantitative estimate of drug-likeness (QED) is 0.683. The van der Waals surface area contributed by atoms with Gasteiger partial charge in [-0.15, -0.1) is 0 Å². The number of anilines is 1. The fourth-order valence-electron chi connectivity index (χ4n) is 3.04. The first kappa shape index (κ1) is 19.7. The van der Waals surface area contributed by atoms with Crippen molar-refractivity contribution in [2.24, 2.45) is 0 Å². The zero-order valence-electron chi connectivity index (χ0n) is 15.9. The molecule has 0 aliphatic carbocycles. The smallest absolute Gasteiger partial charge is 0.319 e. The van der Waals surface area contributed by atoms with Gasteiger partial charge >= 0.3 is 6.03 Å². The third-order valence-corrected chi connectivity index (χ3v) is 4.85. The highest BCUT2D eigenvalue weighted by Crippen LogP contribution is 2.19. The summed E-state index contributed by atoms with van der Waals surface area (Å²) in [4.78, 5) is 26.0. The van der Waals surface area contributed by atoms with E-state index in [-0.39, 0.29) is 24.6 Å². The van der Waals surface area contributed by atoms with Gasteiger partial charge in [0.25, 0.3) is 0 Å². The van der Waals surface area contributed by atoms with Gasteiger partial charge in [-0.1, -0.05) is 24.3 Å². The van der Waals surface area contributed by atoms with E-state index in [0.29, 0.717) is 25.2 Å². The van der Waals surface area contributed by atoms with Crippen LogP contribution in [-0.2, 0) is 17.8 Å². The minimum Gasteiger partial charge on any atom is -0.497 e. The van der Waals surface area contributed by atoms with Gasteiger partial charge in [-0.05, 0) is 41.8 Å². The van der Waals surface area contributed by atoms with Gasteiger partial charge in [0.2, 0.25) is 5.91 Å². The van der Waals surface area contributed by atoms with Crippen LogP contribution in [0.4, 0.5) is 10.5 Å². The Hall–Kier alpha value is -3.06. The van der Waals surface area contributed by atoms with Gasteiger partial charge in [-0.25, -0.2) is 4.79 Å². The second-order valence-electron chi connectivity index (χ2n) is 6.74. The zero-order valence-corrected chi connectivity index (χ0v) is 15.9. The van der Waals surface area contributed by atoms with Crippen molar-refractivity contribution in [3.05, 3.63) is 59.7 Å². The lowest BCUT2D eigenvalue weighted by atomic mass is 10.0. The van der Waals surface area contributed by atoms with Crippen molar-refractivity contribution < 1.29 is 19.4 Å². The number of hydrogen-bond donors (Lipinski definition) is 3. The lowest BCUT2D eigenvalue weighted by Gasteiger charge is -2.40. The highest BCUT2D eigenvalue weighted by Gasteiger charge is 2.30. The molecule has 3 N–H and O–H groups in total. The molecule has 3 rings (SSSR count). The van der Waals surface area contributed by atoms with Gasteiger partial charge in [0.05, 0.1) is 26.2 Å². The second kappa shape index (κ2) is 9.23. The van der Waals surface area contributed by atoms with E-state index in [2.05, 4.69) is 10.6 Å². The summed E-state index contributed by atoms with van der Waals surface area (Å²) in [6.45, 7) is 1.13. The second-order valence-corrected chi connectivity index (χ2v) is 6.74. The molecule has 0 saturated carbocycles. The van der Waals surface area contributed by atoms with Crippen molar-refractivity contribution in [2.45, 2.75) is 25.4 Å². The lowest BCUT2D eigenvalue weighted by molar-refractivity contribution is -0.139. The maximum absolute atomic E-state index is 12.2. The molecule has 0 spiro atoms. The van der Waals surface area contributed by atoms with Crippen molar-refractivity contribution in [3.63, 3.8) is 0 Å². The number of amides is 3. The van der Waals surface area contributed by atoms with Crippen molar-refractivity contribution in [1.29, 1.82) is 0 Å². The van der Waals surface area contributed by atoms with Gasteiger partial charge in [0, 0.05) is 18.8 Å². The highest BCUT2D eigenvalue weighted by atomic mass is 16.5. The van der Waals surface area contributed by atoms with Gasteiger partial charge in [0.1, 0.15) is 5.75 Å². The molecule has 7 nitrogen and oxygen atoms in total. The maximum atomic E-state index is 12.2. The molecule has 1 saturated heterocycles. The zero-order chi connectivity index (χ0) is 19.9. The summed E-state index contributed by atoms with van der Waals surface area (Å²) in [5.74, 6) is 0.788. The number of carbonyl (C=O) groups excluding carboxylic acids is 2. The van der Waals surface area contributed by atoms with E-state index in [4.69, 9.17) is 4.74 Å². The molecular formula is C21H25N3O4. The number of carbonyl (C=O) groups is 2. The molecule has 1 atom stereocenters. The van der Waals surface area contributed by atoms with Crippen LogP contribution >= 0.6 is 0 Å². The van der Waals surface area contributed by atoms with Crippen LogP contribution in [0.2, 0.25) is 0 Å². The van der Waals surface area contributed by atoms with Crippen molar-refractivity contribution in [2.75, 3.05) is 25.6 Å². The van der Waals surface area contributed by atoms with Crippen LogP contribution in [0, 0.1) is 0 Å². The Labute approximate surface area is 164 Å². The maximum Gasteiger partial charge on any atom is 0.319 e. The van der Waals surface area contributed by atoms with Crippen molar-refractivity contribution >= 4 is 17.6 Å². The number of urea groups is 1. The number of nitrogens with one attached hydrogen (secondary N) is 2. The van der Waals surface area contributed by atoms with Crippen LogP contribution in [0.3, 0.4) is 0 Å². The number of aliphatic hydroxyl groups is 1. The van der Waals surface area contributed by atoms with Crippen LogP contribution in [0.1, 0.15) is 17.5 Å². The third kappa shape index (κ3) is 5.01. The summed E-state index contributed by atoms with van der Waals surface area (Å²) in [6, 6.07) is 14.3. The van der Waals surface area contributed by atoms with Crippen molar-refractivity contribution in [3.8, 4) is 5.75 Å². The van der Waals surface area contributed by atoms with Gasteiger partial charge in [-0.3, -0.25) is 4.79 Å². The largest absolute Gasteiger partial charge is 0.497 e. The predicted molar refractivity (Wildman–Crippen MR) is 106 cm³/mol. The van der Waals surface area contributed by atoms with E-state index in [1.165, 1.54) is 0 Å². The number of nitrogens with zero attached hydrogens (tertiary/aromatic N) is 1. The van der Waals surface area contributed by atoms with E-state index in [9.17, 15) is 14.7 Å². The molecule has 0 unspecified atom stereocenters. The number of rotatable bonds is 7. The normalized spacial score (nSPS) is 15.5. The van der Waals surface area contributed by atoms with E-state index in [1.807, 2.05) is 36.4 Å². The fraction of sp³-hybridized carbons (Fsp3) is 0.333.